The number of fused-ring (bicyclic) bond motifs is 2. The molecule has 2 N–H and O–H groups in total. The second-order valence-corrected chi connectivity index (χ2v) is 8.24. The zero-order chi connectivity index (χ0) is 21.4. The van der Waals surface area contributed by atoms with E-state index in [2.05, 4.69) is 21.8 Å². The van der Waals surface area contributed by atoms with E-state index >= 15 is 0 Å². The minimum atomic E-state index is -0.943. The average Bonchev–Trinajstić information content (AvgIpc) is 3.13. The number of aryl methyl sites for hydroxylation is 1. The first-order valence-corrected chi connectivity index (χ1v) is 10.8. The van der Waals surface area contributed by atoms with E-state index in [-0.39, 0.29) is 6.04 Å². The Morgan fingerprint density at radius 3 is 2.94 bits per heavy atom. The van der Waals surface area contributed by atoms with Gasteiger partial charge in [0.2, 0.25) is 5.95 Å². The summed E-state index contributed by atoms with van der Waals surface area (Å²) in [6.45, 7) is 1.29. The van der Waals surface area contributed by atoms with Gasteiger partial charge in [0, 0.05) is 43.5 Å². The number of nitrogens with zero attached hydrogens (tertiary/aromatic N) is 6. The molecule has 1 fully saturated rings. The van der Waals surface area contributed by atoms with Gasteiger partial charge in [-0.3, -0.25) is 0 Å². The predicted molar refractivity (Wildman–Crippen MR) is 119 cm³/mol. The summed E-state index contributed by atoms with van der Waals surface area (Å²) < 4.78 is 16.3. The van der Waals surface area contributed by atoms with Gasteiger partial charge >= 0.3 is 0 Å². The van der Waals surface area contributed by atoms with Gasteiger partial charge in [-0.2, -0.15) is 10.1 Å². The molecule has 0 spiro atoms. The standard InChI is InChI=1S/C22H27FN8/c1-24-21-20-14(16-9-12-31-19(26-16)7-10-25-31)5-3-4-6-18(20)28-22(29-21)27-17-8-11-30(2)13-15(17)23/h5,7,9-10,12,15,17H,3-4,6,8,11,13H2,1-2H3,(H2,24,27,28,29)/t15-,17-/m0/s1. The van der Waals surface area contributed by atoms with Gasteiger partial charge in [0.1, 0.15) is 12.0 Å². The van der Waals surface area contributed by atoms with Crippen LogP contribution in [0.1, 0.15) is 36.2 Å². The van der Waals surface area contributed by atoms with Crippen LogP contribution in [0.3, 0.4) is 0 Å². The summed E-state index contributed by atoms with van der Waals surface area (Å²) in [6.07, 6.45) is 8.42. The van der Waals surface area contributed by atoms with E-state index in [0.29, 0.717) is 12.5 Å². The van der Waals surface area contributed by atoms with E-state index in [1.807, 2.05) is 37.3 Å². The highest BCUT2D eigenvalue weighted by Crippen LogP contribution is 2.34. The van der Waals surface area contributed by atoms with Gasteiger partial charge in [-0.15, -0.1) is 0 Å². The normalized spacial score (nSPS) is 22.0. The molecule has 5 rings (SSSR count). The molecular weight excluding hydrogens is 395 g/mol. The lowest BCUT2D eigenvalue weighted by Crippen LogP contribution is -2.46. The van der Waals surface area contributed by atoms with Gasteiger partial charge in [0.15, 0.2) is 5.65 Å². The average molecular weight is 423 g/mol. The van der Waals surface area contributed by atoms with Crippen LogP contribution in [0.5, 0.6) is 0 Å². The van der Waals surface area contributed by atoms with Crippen molar-refractivity contribution in [2.45, 2.75) is 37.9 Å². The Morgan fingerprint density at radius 2 is 2.10 bits per heavy atom. The van der Waals surface area contributed by atoms with Crippen molar-refractivity contribution in [3.05, 3.63) is 47.6 Å². The van der Waals surface area contributed by atoms with E-state index in [9.17, 15) is 4.39 Å². The molecule has 2 aliphatic rings. The van der Waals surface area contributed by atoms with Crippen molar-refractivity contribution in [3.8, 4) is 0 Å². The molecule has 1 aliphatic carbocycles. The summed E-state index contributed by atoms with van der Waals surface area (Å²) in [7, 11) is 3.81. The molecular formula is C22H27FN8. The van der Waals surface area contributed by atoms with Crippen LogP contribution in [0.15, 0.2) is 30.6 Å². The molecule has 162 valence electrons. The van der Waals surface area contributed by atoms with E-state index in [4.69, 9.17) is 15.0 Å². The fourth-order valence-corrected chi connectivity index (χ4v) is 4.41. The Hall–Kier alpha value is -3.07. The van der Waals surface area contributed by atoms with Crippen molar-refractivity contribution in [3.63, 3.8) is 0 Å². The van der Waals surface area contributed by atoms with Gasteiger partial charge < -0.3 is 15.5 Å². The van der Waals surface area contributed by atoms with Crippen molar-refractivity contribution in [2.24, 2.45) is 0 Å². The van der Waals surface area contributed by atoms with Crippen LogP contribution in [0.25, 0.3) is 11.2 Å². The van der Waals surface area contributed by atoms with E-state index < -0.39 is 6.17 Å². The van der Waals surface area contributed by atoms with E-state index in [0.717, 1.165) is 66.2 Å². The lowest BCUT2D eigenvalue weighted by molar-refractivity contribution is 0.149. The van der Waals surface area contributed by atoms with Crippen molar-refractivity contribution in [1.29, 1.82) is 0 Å². The first-order valence-electron chi connectivity index (χ1n) is 10.8. The second-order valence-electron chi connectivity index (χ2n) is 8.24. The van der Waals surface area contributed by atoms with Crippen molar-refractivity contribution in [2.75, 3.05) is 37.8 Å². The molecule has 1 aliphatic heterocycles. The topological polar surface area (TPSA) is 83.3 Å². The second kappa shape index (κ2) is 8.22. The molecule has 3 aromatic rings. The third-order valence-electron chi connectivity index (χ3n) is 6.05. The Balaban J connectivity index is 1.52. The minimum absolute atomic E-state index is 0.273. The quantitative estimate of drug-likeness (QED) is 0.669. The molecule has 9 heteroatoms. The van der Waals surface area contributed by atoms with Gasteiger partial charge in [0.05, 0.1) is 23.6 Å². The summed E-state index contributed by atoms with van der Waals surface area (Å²) in [5.41, 5.74) is 4.63. The summed E-state index contributed by atoms with van der Waals surface area (Å²) >= 11 is 0. The highest BCUT2D eigenvalue weighted by molar-refractivity contribution is 5.86. The van der Waals surface area contributed by atoms with Gasteiger partial charge in [0.25, 0.3) is 0 Å². The molecule has 3 aromatic heterocycles. The van der Waals surface area contributed by atoms with E-state index in [1.165, 1.54) is 0 Å². The van der Waals surface area contributed by atoms with Crippen LogP contribution < -0.4 is 10.6 Å². The monoisotopic (exact) mass is 422 g/mol. The van der Waals surface area contributed by atoms with Gasteiger partial charge in [-0.25, -0.2) is 18.9 Å². The Morgan fingerprint density at radius 1 is 1.19 bits per heavy atom. The maximum atomic E-state index is 14.6. The van der Waals surface area contributed by atoms with Crippen LogP contribution in [0.2, 0.25) is 0 Å². The highest BCUT2D eigenvalue weighted by atomic mass is 19.1. The summed E-state index contributed by atoms with van der Waals surface area (Å²) in [4.78, 5) is 16.4. The number of alkyl halides is 1. The van der Waals surface area contributed by atoms with Crippen LogP contribution in [-0.4, -0.2) is 68.9 Å². The molecule has 2 atom stereocenters. The number of anilines is 2. The summed E-state index contributed by atoms with van der Waals surface area (Å²) in [5, 5.41) is 10.7. The molecule has 0 bridgehead atoms. The zero-order valence-corrected chi connectivity index (χ0v) is 17.8. The third-order valence-corrected chi connectivity index (χ3v) is 6.05. The first-order chi connectivity index (χ1) is 15.1. The Bertz CT molecular complexity index is 1120. The molecule has 0 saturated carbocycles. The van der Waals surface area contributed by atoms with Crippen LogP contribution in [-0.2, 0) is 6.42 Å². The predicted octanol–water partition coefficient (Wildman–Crippen LogP) is 2.78. The summed E-state index contributed by atoms with van der Waals surface area (Å²) in [6, 6.07) is 3.59. The zero-order valence-electron chi connectivity index (χ0n) is 17.8. The van der Waals surface area contributed by atoms with Crippen molar-refractivity contribution >= 4 is 23.0 Å². The molecule has 31 heavy (non-hydrogen) atoms. The Labute approximate surface area is 180 Å². The largest absolute Gasteiger partial charge is 0.372 e. The number of likely N-dealkylation sites (tertiary alicyclic amines) is 1. The summed E-state index contributed by atoms with van der Waals surface area (Å²) in [5.74, 6) is 1.22. The van der Waals surface area contributed by atoms with Crippen molar-refractivity contribution < 1.29 is 4.39 Å². The van der Waals surface area contributed by atoms with E-state index in [1.54, 1.807) is 10.7 Å². The molecule has 0 unspecified atom stereocenters. The fraction of sp³-hybridized carbons (Fsp3) is 0.455. The number of aromatic nitrogens is 5. The number of piperidine rings is 1. The molecule has 0 radical (unpaired) electrons. The fourth-order valence-electron chi connectivity index (χ4n) is 4.41. The molecule has 8 nitrogen and oxygen atoms in total. The lowest BCUT2D eigenvalue weighted by Gasteiger charge is -2.32. The number of nitrogens with one attached hydrogen (secondary N) is 2. The minimum Gasteiger partial charge on any atom is -0.372 e. The molecule has 0 aromatic carbocycles. The number of rotatable bonds is 4. The van der Waals surface area contributed by atoms with Crippen molar-refractivity contribution in [1.82, 2.24) is 29.5 Å². The first kappa shape index (κ1) is 19.9. The molecule has 0 amide bonds. The smallest absolute Gasteiger partial charge is 0.225 e. The number of allylic oxidation sites excluding steroid dienone is 1. The highest BCUT2D eigenvalue weighted by Gasteiger charge is 2.29. The van der Waals surface area contributed by atoms with Crippen LogP contribution in [0, 0.1) is 0 Å². The van der Waals surface area contributed by atoms with Gasteiger partial charge in [-0.05, 0) is 38.8 Å². The van der Waals surface area contributed by atoms with Crippen LogP contribution in [0.4, 0.5) is 16.2 Å². The van der Waals surface area contributed by atoms with Crippen LogP contribution >= 0.6 is 0 Å². The molecule has 4 heterocycles. The number of halogens is 1. The molecule has 1 saturated heterocycles. The maximum absolute atomic E-state index is 14.6. The maximum Gasteiger partial charge on any atom is 0.225 e. The number of hydrogen-bond donors (Lipinski definition) is 2. The Kier molecular flexibility index (Phi) is 5.27. The number of hydrogen-bond acceptors (Lipinski definition) is 7. The van der Waals surface area contributed by atoms with Gasteiger partial charge in [-0.1, -0.05) is 6.08 Å². The lowest BCUT2D eigenvalue weighted by atomic mass is 10.0. The SMILES string of the molecule is CNc1nc(N[C@H]2CCN(C)C[C@@H]2F)nc2c1C(c1ccn3nccc3n1)=CCCC2. The third kappa shape index (κ3) is 3.85.